The molecule has 1 heterocycles. The zero-order valence-corrected chi connectivity index (χ0v) is 11.5. The van der Waals surface area contributed by atoms with E-state index in [2.05, 4.69) is 66.3 Å². The predicted octanol–water partition coefficient (Wildman–Crippen LogP) is 3.93. The predicted molar refractivity (Wildman–Crippen MR) is 67.6 cm³/mol. The Labute approximate surface area is 94.5 Å². The fourth-order valence-electron chi connectivity index (χ4n) is 2.63. The third kappa shape index (κ3) is 2.27. The zero-order chi connectivity index (χ0) is 12.0. The highest BCUT2D eigenvalue weighted by Crippen LogP contribution is 2.36. The molecule has 0 saturated heterocycles. The van der Waals surface area contributed by atoms with Gasteiger partial charge in [0.15, 0.2) is 0 Å². The smallest absolute Gasteiger partial charge is 0.0266 e. The maximum Gasteiger partial charge on any atom is 0.0266 e. The van der Waals surface area contributed by atoms with Gasteiger partial charge in [-0.05, 0) is 23.5 Å². The molecule has 0 unspecified atom stereocenters. The monoisotopic (exact) mass is 207 g/mol. The SMILES string of the molecule is Cc1cn(C)c(C(C)(C)C)c1C(C)(C)C. The van der Waals surface area contributed by atoms with Crippen molar-refractivity contribution in [2.24, 2.45) is 7.05 Å². The standard InChI is InChI=1S/C14H25N/c1-10-9-15(8)12(14(5,6)7)11(10)13(2,3)4/h9H,1-8H3. The quantitative estimate of drug-likeness (QED) is 0.607. The lowest BCUT2D eigenvalue weighted by Gasteiger charge is -2.29. The molecule has 86 valence electrons. The van der Waals surface area contributed by atoms with E-state index >= 15 is 0 Å². The largest absolute Gasteiger partial charge is 0.353 e. The molecule has 0 amide bonds. The van der Waals surface area contributed by atoms with Crippen molar-refractivity contribution in [3.8, 4) is 0 Å². The fourth-order valence-corrected chi connectivity index (χ4v) is 2.63. The van der Waals surface area contributed by atoms with E-state index in [0.717, 1.165) is 0 Å². The summed E-state index contributed by atoms with van der Waals surface area (Å²) in [6, 6.07) is 0. The van der Waals surface area contributed by atoms with E-state index in [9.17, 15) is 0 Å². The minimum absolute atomic E-state index is 0.214. The number of aryl methyl sites for hydroxylation is 2. The first-order valence-corrected chi connectivity index (χ1v) is 5.72. The van der Waals surface area contributed by atoms with E-state index in [1.165, 1.54) is 16.8 Å². The molecule has 1 aromatic rings. The second-order valence-electron chi connectivity index (χ2n) is 6.65. The second kappa shape index (κ2) is 3.40. The van der Waals surface area contributed by atoms with Crippen molar-refractivity contribution >= 4 is 0 Å². The molecule has 1 heteroatoms. The lowest BCUT2D eigenvalue weighted by Crippen LogP contribution is -2.23. The maximum atomic E-state index is 2.30. The van der Waals surface area contributed by atoms with Crippen LogP contribution in [0.2, 0.25) is 0 Å². The summed E-state index contributed by atoms with van der Waals surface area (Å²) in [5, 5.41) is 0. The molecule has 0 saturated carbocycles. The topological polar surface area (TPSA) is 4.93 Å². The van der Waals surface area contributed by atoms with Gasteiger partial charge in [-0.3, -0.25) is 0 Å². The molecule has 0 spiro atoms. The van der Waals surface area contributed by atoms with Gasteiger partial charge in [-0.15, -0.1) is 0 Å². The van der Waals surface area contributed by atoms with Crippen molar-refractivity contribution < 1.29 is 0 Å². The van der Waals surface area contributed by atoms with Crippen molar-refractivity contribution in [3.63, 3.8) is 0 Å². The number of hydrogen-bond donors (Lipinski definition) is 0. The summed E-state index contributed by atoms with van der Waals surface area (Å²) >= 11 is 0. The Balaban J connectivity index is 3.51. The van der Waals surface area contributed by atoms with Crippen LogP contribution >= 0.6 is 0 Å². The van der Waals surface area contributed by atoms with Crippen LogP contribution in [0.25, 0.3) is 0 Å². The van der Waals surface area contributed by atoms with Crippen molar-refractivity contribution in [2.45, 2.75) is 59.3 Å². The molecule has 1 rings (SSSR count). The van der Waals surface area contributed by atoms with Crippen LogP contribution in [0.15, 0.2) is 6.20 Å². The molecule has 0 N–H and O–H groups in total. The van der Waals surface area contributed by atoms with Gasteiger partial charge in [-0.25, -0.2) is 0 Å². The lowest BCUT2D eigenvalue weighted by atomic mass is 9.78. The minimum atomic E-state index is 0.214. The van der Waals surface area contributed by atoms with Crippen molar-refractivity contribution in [1.82, 2.24) is 4.57 Å². The molecule has 1 nitrogen and oxygen atoms in total. The highest BCUT2D eigenvalue weighted by atomic mass is 14.9. The number of aromatic nitrogens is 1. The van der Waals surface area contributed by atoms with Gasteiger partial charge in [0.1, 0.15) is 0 Å². The Kier molecular flexibility index (Phi) is 2.80. The van der Waals surface area contributed by atoms with Gasteiger partial charge in [0.2, 0.25) is 0 Å². The van der Waals surface area contributed by atoms with E-state index in [1.807, 2.05) is 0 Å². The minimum Gasteiger partial charge on any atom is -0.353 e. The van der Waals surface area contributed by atoms with Crippen LogP contribution in [0.1, 0.15) is 58.4 Å². The molecular weight excluding hydrogens is 182 g/mol. The molecule has 0 fully saturated rings. The van der Waals surface area contributed by atoms with Crippen LogP contribution in [0.4, 0.5) is 0 Å². The highest BCUT2D eigenvalue weighted by molar-refractivity contribution is 5.40. The van der Waals surface area contributed by atoms with Crippen LogP contribution < -0.4 is 0 Å². The summed E-state index contributed by atoms with van der Waals surface area (Å²) in [4.78, 5) is 0. The van der Waals surface area contributed by atoms with Gasteiger partial charge in [0.25, 0.3) is 0 Å². The average molecular weight is 207 g/mol. The lowest BCUT2D eigenvalue weighted by molar-refractivity contribution is 0.501. The summed E-state index contributed by atoms with van der Waals surface area (Å²) in [5.41, 5.74) is 4.83. The molecule has 1 aromatic heterocycles. The van der Waals surface area contributed by atoms with Gasteiger partial charge in [0, 0.05) is 24.4 Å². The van der Waals surface area contributed by atoms with E-state index in [1.54, 1.807) is 0 Å². The molecule has 0 aliphatic carbocycles. The zero-order valence-electron chi connectivity index (χ0n) is 11.5. The van der Waals surface area contributed by atoms with Crippen molar-refractivity contribution in [1.29, 1.82) is 0 Å². The van der Waals surface area contributed by atoms with Crippen molar-refractivity contribution in [2.75, 3.05) is 0 Å². The summed E-state index contributed by atoms with van der Waals surface area (Å²) in [7, 11) is 2.16. The number of rotatable bonds is 0. The van der Waals surface area contributed by atoms with Crippen LogP contribution in [-0.4, -0.2) is 4.57 Å². The first-order valence-electron chi connectivity index (χ1n) is 5.72. The Morgan fingerprint density at radius 1 is 0.933 bits per heavy atom. The van der Waals surface area contributed by atoms with Crippen LogP contribution in [0.5, 0.6) is 0 Å². The average Bonchev–Trinajstić information content (AvgIpc) is 2.22. The first-order chi connectivity index (χ1) is 6.55. The second-order valence-corrected chi connectivity index (χ2v) is 6.65. The number of hydrogen-bond acceptors (Lipinski definition) is 0. The van der Waals surface area contributed by atoms with Crippen LogP contribution in [0, 0.1) is 6.92 Å². The molecule has 0 aliphatic rings. The molecular formula is C14H25N. The third-order valence-corrected chi connectivity index (χ3v) is 2.83. The van der Waals surface area contributed by atoms with Gasteiger partial charge < -0.3 is 4.57 Å². The Bertz CT molecular complexity index is 321. The van der Waals surface area contributed by atoms with Crippen molar-refractivity contribution in [3.05, 3.63) is 23.0 Å². The van der Waals surface area contributed by atoms with E-state index in [4.69, 9.17) is 0 Å². The number of nitrogens with zero attached hydrogens (tertiary/aromatic N) is 1. The van der Waals surface area contributed by atoms with Gasteiger partial charge in [-0.2, -0.15) is 0 Å². The van der Waals surface area contributed by atoms with Gasteiger partial charge in [-0.1, -0.05) is 41.5 Å². The van der Waals surface area contributed by atoms with E-state index < -0.39 is 0 Å². The normalized spacial score (nSPS) is 13.3. The molecule has 0 aliphatic heterocycles. The summed E-state index contributed by atoms with van der Waals surface area (Å²) in [6.07, 6.45) is 2.25. The molecule has 0 radical (unpaired) electrons. The Morgan fingerprint density at radius 3 is 1.67 bits per heavy atom. The summed E-state index contributed by atoms with van der Waals surface area (Å²) in [5.74, 6) is 0. The van der Waals surface area contributed by atoms with Crippen LogP contribution in [0.3, 0.4) is 0 Å². The van der Waals surface area contributed by atoms with Gasteiger partial charge >= 0.3 is 0 Å². The van der Waals surface area contributed by atoms with Crippen LogP contribution in [-0.2, 0) is 17.9 Å². The molecule has 0 bridgehead atoms. The Morgan fingerprint density at radius 2 is 1.40 bits per heavy atom. The van der Waals surface area contributed by atoms with E-state index in [0.29, 0.717) is 0 Å². The summed E-state index contributed by atoms with van der Waals surface area (Å²) < 4.78 is 2.29. The highest BCUT2D eigenvalue weighted by Gasteiger charge is 2.29. The first kappa shape index (κ1) is 12.4. The Hall–Kier alpha value is -0.720. The maximum absolute atomic E-state index is 2.30. The fraction of sp³-hybridized carbons (Fsp3) is 0.714. The molecule has 15 heavy (non-hydrogen) atoms. The molecule has 0 aromatic carbocycles. The third-order valence-electron chi connectivity index (χ3n) is 2.83. The van der Waals surface area contributed by atoms with Gasteiger partial charge in [0.05, 0.1) is 0 Å². The summed E-state index contributed by atoms with van der Waals surface area (Å²) in [6.45, 7) is 16.0. The van der Waals surface area contributed by atoms with E-state index in [-0.39, 0.29) is 10.8 Å². The molecule has 0 atom stereocenters.